The fourth-order valence-corrected chi connectivity index (χ4v) is 2.38. The van der Waals surface area contributed by atoms with E-state index in [4.69, 9.17) is 9.47 Å². The number of hydrogen-bond acceptors (Lipinski definition) is 6. The Kier molecular flexibility index (Phi) is 5.36. The topological polar surface area (TPSA) is 108 Å². The van der Waals surface area contributed by atoms with Crippen molar-refractivity contribution in [1.29, 1.82) is 0 Å². The van der Waals surface area contributed by atoms with Gasteiger partial charge in [-0.15, -0.1) is 0 Å². The SMILES string of the molecule is CC(=O)N[C@@H]1[C@H](Oc2ccccc2C)O[C@H](CO)[C@@H](O)[C@@H]1O. The fraction of sp³-hybridized carbons (Fsp3) is 0.533. The minimum absolute atomic E-state index is 0.388. The van der Waals surface area contributed by atoms with Gasteiger partial charge in [0, 0.05) is 6.92 Å². The molecule has 0 unspecified atom stereocenters. The first kappa shape index (κ1) is 16.7. The molecule has 4 N–H and O–H groups in total. The number of hydrogen-bond donors (Lipinski definition) is 4. The van der Waals surface area contributed by atoms with Crippen LogP contribution in [0.3, 0.4) is 0 Å². The Bertz CT molecular complexity index is 523. The van der Waals surface area contributed by atoms with Crippen LogP contribution in [0.5, 0.6) is 5.75 Å². The molecule has 7 nitrogen and oxygen atoms in total. The number of amides is 1. The largest absolute Gasteiger partial charge is 0.462 e. The van der Waals surface area contributed by atoms with Gasteiger partial charge in [-0.25, -0.2) is 0 Å². The molecule has 1 aromatic rings. The molecule has 7 heteroatoms. The molecular weight excluding hydrogens is 290 g/mol. The Balaban J connectivity index is 2.23. The fourth-order valence-electron chi connectivity index (χ4n) is 2.38. The number of ether oxygens (including phenoxy) is 2. The zero-order chi connectivity index (χ0) is 16.3. The summed E-state index contributed by atoms with van der Waals surface area (Å²) in [7, 11) is 0. The summed E-state index contributed by atoms with van der Waals surface area (Å²) in [6.45, 7) is 2.67. The van der Waals surface area contributed by atoms with E-state index in [0.717, 1.165) is 5.56 Å². The third kappa shape index (κ3) is 3.56. The number of nitrogens with one attached hydrogen (secondary N) is 1. The van der Waals surface area contributed by atoms with E-state index in [-0.39, 0.29) is 5.91 Å². The van der Waals surface area contributed by atoms with E-state index in [0.29, 0.717) is 5.75 Å². The highest BCUT2D eigenvalue weighted by Crippen LogP contribution is 2.26. The number of aliphatic hydroxyl groups is 3. The molecule has 0 bridgehead atoms. The first-order valence-electron chi connectivity index (χ1n) is 7.06. The van der Waals surface area contributed by atoms with Crippen LogP contribution in [-0.2, 0) is 9.53 Å². The third-order valence-electron chi connectivity index (χ3n) is 3.59. The number of aliphatic hydroxyl groups excluding tert-OH is 3. The van der Waals surface area contributed by atoms with Gasteiger partial charge < -0.3 is 30.1 Å². The van der Waals surface area contributed by atoms with E-state index in [1.165, 1.54) is 6.92 Å². The second-order valence-corrected chi connectivity index (χ2v) is 5.32. The second kappa shape index (κ2) is 7.06. The van der Waals surface area contributed by atoms with Crippen LogP contribution in [-0.4, -0.2) is 58.5 Å². The van der Waals surface area contributed by atoms with Crippen LogP contribution in [0.1, 0.15) is 12.5 Å². The molecule has 5 atom stereocenters. The Hall–Kier alpha value is -1.67. The van der Waals surface area contributed by atoms with E-state index >= 15 is 0 Å². The third-order valence-corrected chi connectivity index (χ3v) is 3.59. The van der Waals surface area contributed by atoms with Crippen molar-refractivity contribution in [3.63, 3.8) is 0 Å². The van der Waals surface area contributed by atoms with Gasteiger partial charge in [0.2, 0.25) is 12.2 Å². The zero-order valence-electron chi connectivity index (χ0n) is 12.5. The van der Waals surface area contributed by atoms with Crippen molar-refractivity contribution in [2.75, 3.05) is 6.61 Å². The molecular formula is C15H21NO6. The normalized spacial score (nSPS) is 31.6. The van der Waals surface area contributed by atoms with Crippen molar-refractivity contribution in [3.05, 3.63) is 29.8 Å². The Labute approximate surface area is 128 Å². The molecule has 1 aliphatic heterocycles. The number of para-hydroxylation sites is 1. The molecule has 0 aromatic heterocycles. The van der Waals surface area contributed by atoms with E-state index in [9.17, 15) is 20.1 Å². The van der Waals surface area contributed by atoms with Gasteiger partial charge in [-0.3, -0.25) is 4.79 Å². The average Bonchev–Trinajstić information content (AvgIpc) is 2.48. The second-order valence-electron chi connectivity index (χ2n) is 5.32. The predicted octanol–water partition coefficient (Wildman–Crippen LogP) is -0.682. The van der Waals surface area contributed by atoms with Crippen LogP contribution in [0.4, 0.5) is 0 Å². The van der Waals surface area contributed by atoms with E-state index in [1.54, 1.807) is 12.1 Å². The molecule has 0 saturated carbocycles. The quantitative estimate of drug-likeness (QED) is 0.587. The van der Waals surface area contributed by atoms with Crippen LogP contribution in [0.25, 0.3) is 0 Å². The standard InChI is InChI=1S/C15H21NO6/c1-8-5-3-4-6-10(8)21-15-12(16-9(2)18)14(20)13(19)11(7-17)22-15/h3-6,11-15,17,19-20H,7H2,1-2H3,(H,16,18)/t11-,12+,13-,14-,15-/m1/s1. The lowest BCUT2D eigenvalue weighted by Gasteiger charge is -2.42. The van der Waals surface area contributed by atoms with Crippen molar-refractivity contribution in [1.82, 2.24) is 5.32 Å². The first-order chi connectivity index (χ1) is 10.4. The van der Waals surface area contributed by atoms with Crippen LogP contribution in [0, 0.1) is 6.92 Å². The molecule has 122 valence electrons. The summed E-state index contributed by atoms with van der Waals surface area (Å²) in [5.41, 5.74) is 0.855. The smallest absolute Gasteiger partial charge is 0.223 e. The number of aryl methyl sites for hydroxylation is 1. The molecule has 1 heterocycles. The number of carbonyl (C=O) groups excluding carboxylic acids is 1. The maximum Gasteiger partial charge on any atom is 0.223 e. The summed E-state index contributed by atoms with van der Waals surface area (Å²) < 4.78 is 11.2. The minimum atomic E-state index is -1.32. The Morgan fingerprint density at radius 1 is 1.32 bits per heavy atom. The number of rotatable bonds is 4. The van der Waals surface area contributed by atoms with Crippen molar-refractivity contribution in [2.45, 2.75) is 44.5 Å². The molecule has 1 aromatic carbocycles. The van der Waals surface area contributed by atoms with Crippen molar-refractivity contribution in [2.24, 2.45) is 0 Å². The van der Waals surface area contributed by atoms with E-state index < -0.39 is 37.3 Å². The number of carbonyl (C=O) groups is 1. The van der Waals surface area contributed by atoms with Crippen LogP contribution in [0.2, 0.25) is 0 Å². The van der Waals surface area contributed by atoms with Crippen LogP contribution < -0.4 is 10.1 Å². The minimum Gasteiger partial charge on any atom is -0.462 e. The summed E-state index contributed by atoms with van der Waals surface area (Å²) in [6, 6.07) is 6.27. The summed E-state index contributed by atoms with van der Waals surface area (Å²) in [6.07, 6.45) is -4.66. The zero-order valence-corrected chi connectivity index (χ0v) is 12.5. The molecule has 0 spiro atoms. The summed E-state index contributed by atoms with van der Waals surface area (Å²) in [5.74, 6) is 0.142. The van der Waals surface area contributed by atoms with E-state index in [1.807, 2.05) is 19.1 Å². The highest BCUT2D eigenvalue weighted by molar-refractivity contribution is 5.73. The van der Waals surface area contributed by atoms with E-state index in [2.05, 4.69) is 5.32 Å². The lowest BCUT2D eigenvalue weighted by atomic mass is 9.97. The van der Waals surface area contributed by atoms with Gasteiger partial charge in [-0.05, 0) is 18.6 Å². The molecule has 0 radical (unpaired) electrons. The van der Waals surface area contributed by atoms with Crippen molar-refractivity contribution in [3.8, 4) is 5.75 Å². The van der Waals surface area contributed by atoms with Crippen molar-refractivity contribution >= 4 is 5.91 Å². The van der Waals surface area contributed by atoms with Gasteiger partial charge in [0.25, 0.3) is 0 Å². The molecule has 0 aliphatic carbocycles. The molecule has 1 aliphatic rings. The summed E-state index contributed by atoms with van der Waals surface area (Å²) >= 11 is 0. The summed E-state index contributed by atoms with van der Waals surface area (Å²) in [4.78, 5) is 11.3. The van der Waals surface area contributed by atoms with Crippen LogP contribution in [0.15, 0.2) is 24.3 Å². The first-order valence-corrected chi connectivity index (χ1v) is 7.06. The van der Waals surface area contributed by atoms with Gasteiger partial charge in [0.1, 0.15) is 30.1 Å². The van der Waals surface area contributed by atoms with Gasteiger partial charge in [-0.2, -0.15) is 0 Å². The van der Waals surface area contributed by atoms with Gasteiger partial charge >= 0.3 is 0 Å². The monoisotopic (exact) mass is 311 g/mol. The molecule has 1 saturated heterocycles. The Morgan fingerprint density at radius 3 is 2.59 bits per heavy atom. The Morgan fingerprint density at radius 2 is 2.00 bits per heavy atom. The average molecular weight is 311 g/mol. The van der Waals surface area contributed by atoms with Crippen LogP contribution >= 0.6 is 0 Å². The maximum atomic E-state index is 11.3. The molecule has 1 amide bonds. The lowest BCUT2D eigenvalue weighted by molar-refractivity contribution is -0.244. The maximum absolute atomic E-state index is 11.3. The highest BCUT2D eigenvalue weighted by atomic mass is 16.7. The highest BCUT2D eigenvalue weighted by Gasteiger charge is 2.46. The predicted molar refractivity (Wildman–Crippen MR) is 77.2 cm³/mol. The summed E-state index contributed by atoms with van der Waals surface area (Å²) in [5, 5.41) is 31.8. The van der Waals surface area contributed by atoms with Gasteiger partial charge in [0.05, 0.1) is 6.61 Å². The molecule has 2 rings (SSSR count). The van der Waals surface area contributed by atoms with Gasteiger partial charge in [-0.1, -0.05) is 18.2 Å². The lowest BCUT2D eigenvalue weighted by Crippen LogP contribution is -2.65. The number of benzene rings is 1. The van der Waals surface area contributed by atoms with Crippen molar-refractivity contribution < 1.29 is 29.6 Å². The van der Waals surface area contributed by atoms with Gasteiger partial charge in [0.15, 0.2) is 0 Å². The molecule has 22 heavy (non-hydrogen) atoms. The molecule has 1 fully saturated rings.